The molecule has 17 heavy (non-hydrogen) atoms. The van der Waals surface area contributed by atoms with Crippen LogP contribution in [-0.4, -0.2) is 0 Å². The molecule has 0 amide bonds. The minimum Gasteiger partial charge on any atom is -0.166 e. The largest absolute Gasteiger partial charge is 0.417 e. The first-order valence-corrected chi connectivity index (χ1v) is 4.00. The maximum atomic E-state index is 12.5. The summed E-state index contributed by atoms with van der Waals surface area (Å²) < 4.78 is 74.5. The van der Waals surface area contributed by atoms with Gasteiger partial charge in [-0.25, -0.2) is 0 Å². The molecule has 0 heterocycles. The molecule has 0 saturated carbocycles. The van der Waals surface area contributed by atoms with Crippen molar-refractivity contribution in [3.05, 3.63) is 39.8 Å². The fourth-order valence-electron chi connectivity index (χ4n) is 1.21. The molecule has 92 valence electrons. The number of hydrogen-bond acceptors (Lipinski definition) is 1. The molecule has 0 bridgehead atoms. The normalized spacial score (nSPS) is 12.1. The standard InChI is InChI=1S/C8H3F6N3/c9-7(10,11)4-2-1-3-5(16-17-15)6(4)8(12,13)14/h1-3H. The zero-order valence-corrected chi connectivity index (χ0v) is 7.84. The molecule has 0 N–H and O–H groups in total. The summed E-state index contributed by atoms with van der Waals surface area (Å²) in [6.45, 7) is 0. The maximum absolute atomic E-state index is 12.5. The van der Waals surface area contributed by atoms with Crippen LogP contribution in [0.4, 0.5) is 32.0 Å². The molecular weight excluding hydrogens is 252 g/mol. The Balaban J connectivity index is 3.63. The summed E-state index contributed by atoms with van der Waals surface area (Å²) in [5, 5.41) is 2.61. The summed E-state index contributed by atoms with van der Waals surface area (Å²) in [6, 6.07) is 1.68. The molecule has 0 aliphatic carbocycles. The van der Waals surface area contributed by atoms with Crippen molar-refractivity contribution in [1.29, 1.82) is 0 Å². The zero-order chi connectivity index (χ0) is 13.3. The van der Waals surface area contributed by atoms with Crippen LogP contribution < -0.4 is 0 Å². The second-order valence-electron chi connectivity index (χ2n) is 2.88. The van der Waals surface area contributed by atoms with E-state index in [0.29, 0.717) is 6.07 Å². The second-order valence-corrected chi connectivity index (χ2v) is 2.88. The summed E-state index contributed by atoms with van der Waals surface area (Å²) in [5.41, 5.74) is 3.05. The van der Waals surface area contributed by atoms with Crippen molar-refractivity contribution in [2.24, 2.45) is 5.11 Å². The van der Waals surface area contributed by atoms with Gasteiger partial charge < -0.3 is 0 Å². The lowest BCUT2D eigenvalue weighted by molar-refractivity contribution is -0.161. The molecular formula is C8H3F6N3. The lowest BCUT2D eigenvalue weighted by Crippen LogP contribution is -2.16. The topological polar surface area (TPSA) is 48.8 Å². The highest BCUT2D eigenvalue weighted by molar-refractivity contribution is 5.52. The van der Waals surface area contributed by atoms with Crippen molar-refractivity contribution in [2.45, 2.75) is 12.4 Å². The summed E-state index contributed by atoms with van der Waals surface area (Å²) in [7, 11) is 0. The van der Waals surface area contributed by atoms with Crippen LogP contribution in [0, 0.1) is 0 Å². The maximum Gasteiger partial charge on any atom is 0.417 e. The van der Waals surface area contributed by atoms with E-state index in [-0.39, 0.29) is 6.07 Å². The van der Waals surface area contributed by atoms with Crippen molar-refractivity contribution in [3.63, 3.8) is 0 Å². The quantitative estimate of drug-likeness (QED) is 0.303. The van der Waals surface area contributed by atoms with Crippen molar-refractivity contribution in [1.82, 2.24) is 0 Å². The van der Waals surface area contributed by atoms with Crippen molar-refractivity contribution >= 4 is 5.69 Å². The highest BCUT2D eigenvalue weighted by atomic mass is 19.4. The molecule has 9 heteroatoms. The molecule has 0 aliphatic heterocycles. The minimum atomic E-state index is -5.25. The van der Waals surface area contributed by atoms with Gasteiger partial charge in [-0.15, -0.1) is 0 Å². The van der Waals surface area contributed by atoms with Crippen molar-refractivity contribution in [2.75, 3.05) is 0 Å². The van der Waals surface area contributed by atoms with Crippen LogP contribution in [0.15, 0.2) is 23.3 Å². The number of azide groups is 1. The first kappa shape index (κ1) is 13.2. The first-order valence-electron chi connectivity index (χ1n) is 4.00. The highest BCUT2D eigenvalue weighted by Gasteiger charge is 2.44. The molecule has 0 unspecified atom stereocenters. The number of benzene rings is 1. The lowest BCUT2D eigenvalue weighted by Gasteiger charge is -2.16. The third kappa shape index (κ3) is 2.82. The van der Waals surface area contributed by atoms with Crippen molar-refractivity contribution < 1.29 is 26.3 Å². The van der Waals surface area contributed by atoms with E-state index in [0.717, 1.165) is 6.07 Å². The third-order valence-corrected chi connectivity index (χ3v) is 1.78. The van der Waals surface area contributed by atoms with Crippen LogP contribution in [0.1, 0.15) is 11.1 Å². The number of rotatable bonds is 1. The minimum absolute atomic E-state index is 0.277. The Morgan fingerprint density at radius 3 is 2.00 bits per heavy atom. The number of halogens is 6. The lowest BCUT2D eigenvalue weighted by atomic mass is 10.0. The molecule has 0 radical (unpaired) electrons. The average molecular weight is 255 g/mol. The molecule has 1 aromatic rings. The van der Waals surface area contributed by atoms with Gasteiger partial charge in [0.25, 0.3) is 0 Å². The Morgan fingerprint density at radius 2 is 1.59 bits per heavy atom. The number of alkyl halides is 6. The zero-order valence-electron chi connectivity index (χ0n) is 7.84. The van der Waals surface area contributed by atoms with Gasteiger partial charge in [-0.05, 0) is 11.6 Å². The summed E-state index contributed by atoms with van der Waals surface area (Å²) in [4.78, 5) is 2.06. The Bertz CT molecular complexity index is 469. The van der Waals surface area contributed by atoms with Gasteiger partial charge in [0.2, 0.25) is 0 Å². The summed E-state index contributed by atoms with van der Waals surface area (Å²) >= 11 is 0. The molecule has 0 saturated heterocycles. The van der Waals surface area contributed by atoms with Crippen LogP contribution in [0.25, 0.3) is 10.4 Å². The fourth-order valence-corrected chi connectivity index (χ4v) is 1.21. The van der Waals surface area contributed by atoms with Gasteiger partial charge in [-0.1, -0.05) is 17.2 Å². The van der Waals surface area contributed by atoms with Crippen LogP contribution in [0.5, 0.6) is 0 Å². The first-order chi connectivity index (χ1) is 7.68. The SMILES string of the molecule is [N-]=[N+]=Nc1cccc(C(F)(F)F)c1C(F)(F)F. The molecule has 0 aromatic heterocycles. The monoisotopic (exact) mass is 255 g/mol. The van der Waals surface area contributed by atoms with Crippen LogP contribution in [-0.2, 0) is 12.4 Å². The van der Waals surface area contributed by atoms with Gasteiger partial charge in [-0.3, -0.25) is 0 Å². The van der Waals surface area contributed by atoms with E-state index in [2.05, 4.69) is 10.0 Å². The predicted molar refractivity (Wildman–Crippen MR) is 45.3 cm³/mol. The highest BCUT2D eigenvalue weighted by Crippen LogP contribution is 2.44. The van der Waals surface area contributed by atoms with Crippen molar-refractivity contribution in [3.8, 4) is 0 Å². The van der Waals surface area contributed by atoms with E-state index in [4.69, 9.17) is 5.53 Å². The second kappa shape index (κ2) is 4.17. The summed E-state index contributed by atoms with van der Waals surface area (Å²) in [5.74, 6) is 0. The third-order valence-electron chi connectivity index (χ3n) is 1.78. The van der Waals surface area contributed by atoms with Gasteiger partial charge >= 0.3 is 12.4 Å². The van der Waals surface area contributed by atoms with Gasteiger partial charge in [0.1, 0.15) is 0 Å². The van der Waals surface area contributed by atoms with E-state index in [1.807, 2.05) is 0 Å². The van der Waals surface area contributed by atoms with E-state index >= 15 is 0 Å². The van der Waals surface area contributed by atoms with Crippen LogP contribution in [0.2, 0.25) is 0 Å². The van der Waals surface area contributed by atoms with E-state index < -0.39 is 29.2 Å². The Kier molecular flexibility index (Phi) is 3.23. The number of nitrogens with zero attached hydrogens (tertiary/aromatic N) is 3. The number of hydrogen-bond donors (Lipinski definition) is 0. The molecule has 1 rings (SSSR count). The van der Waals surface area contributed by atoms with E-state index in [1.165, 1.54) is 0 Å². The Labute approximate surface area is 90.3 Å². The molecule has 0 fully saturated rings. The average Bonchev–Trinajstić information content (AvgIpc) is 2.14. The molecule has 0 aliphatic rings. The molecule has 1 aromatic carbocycles. The Hall–Kier alpha value is -1.89. The fraction of sp³-hybridized carbons (Fsp3) is 0.250. The smallest absolute Gasteiger partial charge is 0.166 e. The van der Waals surface area contributed by atoms with Gasteiger partial charge in [0.05, 0.1) is 16.8 Å². The molecule has 0 spiro atoms. The predicted octanol–water partition coefficient (Wildman–Crippen LogP) is 4.67. The van der Waals surface area contributed by atoms with Crippen LogP contribution in [0.3, 0.4) is 0 Å². The van der Waals surface area contributed by atoms with E-state index in [1.54, 1.807) is 0 Å². The Morgan fingerprint density at radius 1 is 1.00 bits per heavy atom. The van der Waals surface area contributed by atoms with Gasteiger partial charge in [-0.2, -0.15) is 26.3 Å². The van der Waals surface area contributed by atoms with E-state index in [9.17, 15) is 26.3 Å². The molecule has 3 nitrogen and oxygen atoms in total. The summed E-state index contributed by atoms with van der Waals surface area (Å²) in [6.07, 6.45) is -10.4. The van der Waals surface area contributed by atoms with Crippen LogP contribution >= 0.6 is 0 Å². The van der Waals surface area contributed by atoms with Gasteiger partial charge in [0, 0.05) is 4.91 Å². The van der Waals surface area contributed by atoms with Gasteiger partial charge in [0.15, 0.2) is 0 Å². The molecule has 0 atom stereocenters.